The lowest BCUT2D eigenvalue weighted by molar-refractivity contribution is 0.0311. The van der Waals surface area contributed by atoms with Crippen molar-refractivity contribution in [2.75, 3.05) is 12.4 Å². The van der Waals surface area contributed by atoms with Crippen LogP contribution < -0.4 is 0 Å². The van der Waals surface area contributed by atoms with Crippen molar-refractivity contribution in [3.63, 3.8) is 0 Å². The molecular weight excluding hydrogens is 216 g/mol. The molecule has 0 saturated heterocycles. The molecule has 0 bridgehead atoms. The number of rotatable bonds is 8. The van der Waals surface area contributed by atoms with Crippen LogP contribution in [0.15, 0.2) is 12.0 Å². The van der Waals surface area contributed by atoms with Gasteiger partial charge in [0.25, 0.3) is 0 Å². The molecule has 2 unspecified atom stereocenters. The third kappa shape index (κ3) is 7.53. The van der Waals surface area contributed by atoms with E-state index >= 15 is 0 Å². The van der Waals surface area contributed by atoms with Gasteiger partial charge in [-0.05, 0) is 19.8 Å². The molecule has 5 heteroatoms. The number of aliphatic hydroxyl groups excluding tert-OH is 1. The summed E-state index contributed by atoms with van der Waals surface area (Å²) in [5.41, 5.74) is 0. The largest absolute Gasteiger partial charge is 0.393 e. The molecule has 0 spiro atoms. The Labute approximate surface area is 91.9 Å². The molecule has 2 atom stereocenters. The monoisotopic (exact) mass is 236 g/mol. The first kappa shape index (κ1) is 14.6. The third-order valence-corrected chi connectivity index (χ3v) is 3.34. The molecule has 0 aromatic carbocycles. The number of hydrogen-bond donors (Lipinski definition) is 1. The lowest BCUT2D eigenvalue weighted by atomic mass is 10.1. The summed E-state index contributed by atoms with van der Waals surface area (Å²) in [4.78, 5) is 0. The van der Waals surface area contributed by atoms with Gasteiger partial charge in [0.1, 0.15) is 0 Å². The van der Waals surface area contributed by atoms with E-state index < -0.39 is 9.84 Å². The van der Waals surface area contributed by atoms with E-state index in [1.165, 1.54) is 0 Å². The highest BCUT2D eigenvalue weighted by Crippen LogP contribution is 2.05. The van der Waals surface area contributed by atoms with Crippen LogP contribution in [0.2, 0.25) is 0 Å². The smallest absolute Gasteiger partial charge is 0.173 e. The highest BCUT2D eigenvalue weighted by atomic mass is 32.2. The molecule has 0 aliphatic heterocycles. The summed E-state index contributed by atoms with van der Waals surface area (Å²) >= 11 is 0. The third-order valence-electron chi connectivity index (χ3n) is 2.10. The van der Waals surface area contributed by atoms with Crippen LogP contribution in [0.1, 0.15) is 26.7 Å². The minimum Gasteiger partial charge on any atom is -0.393 e. The average Bonchev–Trinajstić information content (AvgIpc) is 2.17. The van der Waals surface area contributed by atoms with Crippen molar-refractivity contribution in [3.8, 4) is 0 Å². The van der Waals surface area contributed by atoms with Crippen molar-refractivity contribution >= 4 is 9.84 Å². The van der Waals surface area contributed by atoms with Gasteiger partial charge in [-0.3, -0.25) is 0 Å². The Hall–Kier alpha value is -0.390. The fourth-order valence-corrected chi connectivity index (χ4v) is 1.56. The standard InChI is InChI=1S/C10H20O4S/c1-4-10(11)8-9(3)14-6-7-15(12,13)5-2/h5,9-11H,2,4,6-8H2,1,3H3. The first-order valence-corrected chi connectivity index (χ1v) is 6.77. The van der Waals surface area contributed by atoms with Crippen molar-refractivity contribution in [2.24, 2.45) is 0 Å². The summed E-state index contributed by atoms with van der Waals surface area (Å²) in [5.74, 6) is -0.0525. The summed E-state index contributed by atoms with van der Waals surface area (Å²) < 4.78 is 27.3. The Balaban J connectivity index is 3.73. The van der Waals surface area contributed by atoms with Crippen molar-refractivity contribution in [1.29, 1.82) is 0 Å². The normalized spacial score (nSPS) is 15.9. The number of sulfone groups is 1. The van der Waals surface area contributed by atoms with Gasteiger partial charge >= 0.3 is 0 Å². The summed E-state index contributed by atoms with van der Waals surface area (Å²) in [7, 11) is -3.17. The maximum absolute atomic E-state index is 11.0. The molecule has 1 N–H and O–H groups in total. The van der Waals surface area contributed by atoms with Gasteiger partial charge in [-0.15, -0.1) is 0 Å². The van der Waals surface area contributed by atoms with E-state index in [1.807, 2.05) is 13.8 Å². The zero-order valence-corrected chi connectivity index (χ0v) is 10.2. The number of hydrogen-bond acceptors (Lipinski definition) is 4. The maximum atomic E-state index is 11.0. The van der Waals surface area contributed by atoms with Crippen LogP contribution in [0.25, 0.3) is 0 Å². The van der Waals surface area contributed by atoms with Gasteiger partial charge in [0.2, 0.25) is 0 Å². The molecular formula is C10H20O4S. The zero-order chi connectivity index (χ0) is 11.9. The van der Waals surface area contributed by atoms with Crippen LogP contribution in [0, 0.1) is 0 Å². The Bertz CT molecular complexity index is 271. The molecule has 0 radical (unpaired) electrons. The molecule has 0 aromatic heterocycles. The highest BCUT2D eigenvalue weighted by Gasteiger charge is 2.10. The molecule has 0 heterocycles. The minimum absolute atomic E-state index is 0.0525. The van der Waals surface area contributed by atoms with Crippen molar-refractivity contribution in [2.45, 2.75) is 38.9 Å². The zero-order valence-electron chi connectivity index (χ0n) is 9.35. The molecule has 15 heavy (non-hydrogen) atoms. The van der Waals surface area contributed by atoms with Crippen molar-refractivity contribution < 1.29 is 18.3 Å². The molecule has 0 aromatic rings. The van der Waals surface area contributed by atoms with Crippen LogP contribution in [0.5, 0.6) is 0 Å². The molecule has 0 aliphatic carbocycles. The van der Waals surface area contributed by atoms with E-state index in [1.54, 1.807) is 0 Å². The second-order valence-corrected chi connectivity index (χ2v) is 5.58. The topological polar surface area (TPSA) is 63.6 Å². The SMILES string of the molecule is C=CS(=O)(=O)CCOC(C)CC(O)CC. The average molecular weight is 236 g/mol. The lowest BCUT2D eigenvalue weighted by Gasteiger charge is -2.15. The molecule has 0 aliphatic rings. The van der Waals surface area contributed by atoms with Crippen molar-refractivity contribution in [1.82, 2.24) is 0 Å². The number of ether oxygens (including phenoxy) is 1. The van der Waals surface area contributed by atoms with E-state index in [0.717, 1.165) is 5.41 Å². The second-order valence-electron chi connectivity index (χ2n) is 3.51. The first-order valence-electron chi connectivity index (χ1n) is 5.06. The molecule has 0 rings (SSSR count). The van der Waals surface area contributed by atoms with Crippen LogP contribution >= 0.6 is 0 Å². The van der Waals surface area contributed by atoms with E-state index in [4.69, 9.17) is 4.74 Å². The lowest BCUT2D eigenvalue weighted by Crippen LogP contribution is -2.20. The summed E-state index contributed by atoms with van der Waals surface area (Å²) in [6, 6.07) is 0. The Kier molecular flexibility index (Phi) is 6.80. The predicted octanol–water partition coefficient (Wildman–Crippen LogP) is 1.11. The van der Waals surface area contributed by atoms with Gasteiger partial charge < -0.3 is 9.84 Å². The Morgan fingerprint density at radius 1 is 1.53 bits per heavy atom. The van der Waals surface area contributed by atoms with Gasteiger partial charge in [0.15, 0.2) is 9.84 Å². The fraction of sp³-hybridized carbons (Fsp3) is 0.800. The number of aliphatic hydroxyl groups is 1. The van der Waals surface area contributed by atoms with Crippen LogP contribution in [-0.2, 0) is 14.6 Å². The molecule has 0 fully saturated rings. The van der Waals surface area contributed by atoms with E-state index in [9.17, 15) is 13.5 Å². The summed E-state index contributed by atoms with van der Waals surface area (Å²) in [5, 5.41) is 10.3. The van der Waals surface area contributed by atoms with Crippen LogP contribution in [0.3, 0.4) is 0 Å². The van der Waals surface area contributed by atoms with Crippen molar-refractivity contribution in [3.05, 3.63) is 12.0 Å². The van der Waals surface area contributed by atoms with Gasteiger partial charge in [0, 0.05) is 5.41 Å². The van der Waals surface area contributed by atoms with Crippen LogP contribution in [-0.4, -0.2) is 38.1 Å². The minimum atomic E-state index is -3.17. The van der Waals surface area contributed by atoms with Gasteiger partial charge in [0.05, 0.1) is 24.6 Å². The van der Waals surface area contributed by atoms with Gasteiger partial charge in [-0.25, -0.2) is 8.42 Å². The molecule has 0 saturated carbocycles. The quantitative estimate of drug-likeness (QED) is 0.685. The molecule has 0 amide bonds. The van der Waals surface area contributed by atoms with Gasteiger partial charge in [-0.2, -0.15) is 0 Å². The van der Waals surface area contributed by atoms with Crippen LogP contribution in [0.4, 0.5) is 0 Å². The molecule has 4 nitrogen and oxygen atoms in total. The van der Waals surface area contributed by atoms with E-state index in [-0.39, 0.29) is 24.6 Å². The molecule has 90 valence electrons. The van der Waals surface area contributed by atoms with Gasteiger partial charge in [-0.1, -0.05) is 13.5 Å². The Morgan fingerprint density at radius 2 is 2.13 bits per heavy atom. The fourth-order valence-electron chi connectivity index (χ4n) is 1.07. The predicted molar refractivity (Wildman–Crippen MR) is 60.3 cm³/mol. The Morgan fingerprint density at radius 3 is 2.60 bits per heavy atom. The van der Waals surface area contributed by atoms with E-state index in [2.05, 4.69) is 6.58 Å². The maximum Gasteiger partial charge on any atom is 0.173 e. The summed E-state index contributed by atoms with van der Waals surface area (Å²) in [6.45, 7) is 7.06. The van der Waals surface area contributed by atoms with E-state index in [0.29, 0.717) is 12.8 Å². The summed E-state index contributed by atoms with van der Waals surface area (Å²) in [6.07, 6.45) is 0.708. The second kappa shape index (κ2) is 6.98. The first-order chi connectivity index (χ1) is 6.91. The highest BCUT2D eigenvalue weighted by molar-refractivity contribution is 7.94.